The zero-order chi connectivity index (χ0) is 15.2. The number of likely N-dealkylation sites (N-methyl/N-ethyl adjacent to an activating group) is 1. The molecule has 0 atom stereocenters. The third kappa shape index (κ3) is 3.03. The quantitative estimate of drug-likeness (QED) is 0.796. The monoisotopic (exact) mass is 324 g/mol. The van der Waals surface area contributed by atoms with Crippen molar-refractivity contribution in [2.45, 2.75) is 29.2 Å². The molecule has 1 saturated heterocycles. The van der Waals surface area contributed by atoms with Crippen LogP contribution in [-0.4, -0.2) is 59.5 Å². The summed E-state index contributed by atoms with van der Waals surface area (Å²) in [6.07, 6.45) is 0.545. The molecule has 0 bridgehead atoms. The fourth-order valence-electron chi connectivity index (χ4n) is 2.68. The summed E-state index contributed by atoms with van der Waals surface area (Å²) < 4.78 is 0.942. The number of thioether (sulfide) groups is 1. The molecule has 0 spiro atoms. The number of nitrogens with zero attached hydrogens (tertiary/aromatic N) is 2. The van der Waals surface area contributed by atoms with E-state index in [9.17, 15) is 9.59 Å². The van der Waals surface area contributed by atoms with Crippen LogP contribution in [-0.2, 0) is 0 Å². The van der Waals surface area contributed by atoms with Crippen molar-refractivity contribution in [3.8, 4) is 0 Å². The molecule has 3 heterocycles. The van der Waals surface area contributed by atoms with Gasteiger partial charge >= 0.3 is 0 Å². The zero-order valence-corrected chi connectivity index (χ0v) is 14.3. The molecule has 114 valence electrons. The normalized spacial score (nSPS) is 22.2. The van der Waals surface area contributed by atoms with Crippen LogP contribution in [0, 0.1) is 0 Å². The number of hydrogen-bond donors (Lipinski definition) is 0. The van der Waals surface area contributed by atoms with Gasteiger partial charge in [0, 0.05) is 42.9 Å². The lowest BCUT2D eigenvalue weighted by atomic mass is 10.0. The van der Waals surface area contributed by atoms with E-state index in [4.69, 9.17) is 0 Å². The van der Waals surface area contributed by atoms with Crippen molar-refractivity contribution in [2.75, 3.05) is 33.2 Å². The van der Waals surface area contributed by atoms with Gasteiger partial charge in [-0.3, -0.25) is 9.59 Å². The lowest BCUT2D eigenvalue weighted by molar-refractivity contribution is 0.0669. The second kappa shape index (κ2) is 5.41. The third-order valence-electron chi connectivity index (χ3n) is 3.95. The predicted molar refractivity (Wildman–Crippen MR) is 86.6 cm³/mol. The van der Waals surface area contributed by atoms with Crippen molar-refractivity contribution in [1.82, 2.24) is 9.80 Å². The van der Waals surface area contributed by atoms with Crippen LogP contribution in [0.15, 0.2) is 10.3 Å². The van der Waals surface area contributed by atoms with Gasteiger partial charge in [-0.15, -0.1) is 23.1 Å². The highest BCUT2D eigenvalue weighted by Gasteiger charge is 2.35. The van der Waals surface area contributed by atoms with Crippen LogP contribution < -0.4 is 0 Å². The van der Waals surface area contributed by atoms with Gasteiger partial charge in [-0.05, 0) is 27.0 Å². The maximum Gasteiger partial charge on any atom is 0.264 e. The van der Waals surface area contributed by atoms with E-state index in [-0.39, 0.29) is 16.4 Å². The molecule has 3 rings (SSSR count). The van der Waals surface area contributed by atoms with Crippen molar-refractivity contribution >= 4 is 34.8 Å². The van der Waals surface area contributed by atoms with Crippen LogP contribution in [0.25, 0.3) is 0 Å². The topological polar surface area (TPSA) is 40.6 Å². The summed E-state index contributed by atoms with van der Waals surface area (Å²) in [4.78, 5) is 29.6. The first kappa shape index (κ1) is 15.1. The van der Waals surface area contributed by atoms with Gasteiger partial charge in [0.25, 0.3) is 5.91 Å². The number of hydrogen-bond acceptors (Lipinski definition) is 5. The second-order valence-electron chi connectivity index (χ2n) is 6.37. The Kier molecular flexibility index (Phi) is 3.88. The van der Waals surface area contributed by atoms with Crippen LogP contribution in [0.3, 0.4) is 0 Å². The first-order valence-corrected chi connectivity index (χ1v) is 8.83. The summed E-state index contributed by atoms with van der Waals surface area (Å²) in [7, 11) is 2.07. The summed E-state index contributed by atoms with van der Waals surface area (Å²) >= 11 is 3.20. The lowest BCUT2D eigenvalue weighted by Gasteiger charge is -2.32. The van der Waals surface area contributed by atoms with E-state index in [1.807, 2.05) is 11.0 Å². The van der Waals surface area contributed by atoms with Crippen LogP contribution >= 0.6 is 23.1 Å². The molecule has 1 aromatic rings. The number of piperazine rings is 1. The van der Waals surface area contributed by atoms with E-state index in [1.54, 1.807) is 11.8 Å². The zero-order valence-electron chi connectivity index (χ0n) is 12.6. The number of ketones is 1. The van der Waals surface area contributed by atoms with E-state index in [1.165, 1.54) is 11.3 Å². The molecule has 21 heavy (non-hydrogen) atoms. The molecule has 0 unspecified atom stereocenters. The number of Topliss-reactive ketones (excluding diaryl/α,β-unsaturated/α-hetero) is 1. The summed E-state index contributed by atoms with van der Waals surface area (Å²) in [6.45, 7) is 7.53. The highest BCUT2D eigenvalue weighted by molar-refractivity contribution is 8.02. The standard InChI is InChI=1S/C15H20N2O2S2/c1-15(2)9-11(18)10-8-12(20-14(10)21-15)13(19)17-6-4-16(3)5-7-17/h8H,4-7,9H2,1-3H3. The second-order valence-corrected chi connectivity index (χ2v) is 9.40. The van der Waals surface area contributed by atoms with E-state index in [0.717, 1.165) is 36.0 Å². The number of carbonyl (C=O) groups is 2. The van der Waals surface area contributed by atoms with E-state index < -0.39 is 0 Å². The molecule has 0 aromatic carbocycles. The summed E-state index contributed by atoms with van der Waals surface area (Å²) in [5.41, 5.74) is 0.752. The Hall–Kier alpha value is -0.850. The minimum Gasteiger partial charge on any atom is -0.335 e. The van der Waals surface area contributed by atoms with Gasteiger partial charge in [-0.25, -0.2) is 0 Å². The highest BCUT2D eigenvalue weighted by atomic mass is 32.2. The van der Waals surface area contributed by atoms with Crippen molar-refractivity contribution in [1.29, 1.82) is 0 Å². The molecule has 0 aliphatic carbocycles. The van der Waals surface area contributed by atoms with Crippen molar-refractivity contribution in [2.24, 2.45) is 0 Å². The number of carbonyl (C=O) groups excluding carboxylic acids is 2. The Morgan fingerprint density at radius 2 is 1.90 bits per heavy atom. The van der Waals surface area contributed by atoms with Gasteiger partial charge in [-0.2, -0.15) is 0 Å². The maximum atomic E-state index is 12.6. The number of thiophene rings is 1. The van der Waals surface area contributed by atoms with E-state index >= 15 is 0 Å². The lowest BCUT2D eigenvalue weighted by Crippen LogP contribution is -2.46. The van der Waals surface area contributed by atoms with Crippen LogP contribution in [0.2, 0.25) is 0 Å². The average molecular weight is 324 g/mol. The van der Waals surface area contributed by atoms with E-state index in [2.05, 4.69) is 25.8 Å². The smallest absolute Gasteiger partial charge is 0.264 e. The summed E-state index contributed by atoms with van der Waals surface area (Å²) in [5, 5.41) is 0. The first-order valence-electron chi connectivity index (χ1n) is 7.19. The molecule has 0 N–H and O–H groups in total. The molecule has 6 heteroatoms. The number of fused-ring (bicyclic) bond motifs is 1. The Labute approximate surface area is 133 Å². The SMILES string of the molecule is CN1CCN(C(=O)c2cc3c(s2)SC(C)(C)CC3=O)CC1. The average Bonchev–Trinajstić information content (AvgIpc) is 2.81. The first-order chi connectivity index (χ1) is 9.85. The molecule has 0 radical (unpaired) electrons. The Morgan fingerprint density at radius 3 is 2.57 bits per heavy atom. The Bertz CT molecular complexity index is 586. The van der Waals surface area contributed by atoms with Gasteiger partial charge in [0.1, 0.15) is 0 Å². The van der Waals surface area contributed by atoms with Gasteiger partial charge < -0.3 is 9.80 Å². The highest BCUT2D eigenvalue weighted by Crippen LogP contribution is 2.46. The molecule has 4 nitrogen and oxygen atoms in total. The summed E-state index contributed by atoms with van der Waals surface area (Å²) in [6, 6.07) is 1.81. The van der Waals surface area contributed by atoms with Crippen LogP contribution in [0.4, 0.5) is 0 Å². The molecular weight excluding hydrogens is 304 g/mol. The predicted octanol–water partition coefficient (Wildman–Crippen LogP) is 2.59. The van der Waals surface area contributed by atoms with Gasteiger partial charge in [0.2, 0.25) is 0 Å². The largest absolute Gasteiger partial charge is 0.335 e. The Balaban J connectivity index is 1.82. The third-order valence-corrected chi connectivity index (χ3v) is 6.47. The Morgan fingerprint density at radius 1 is 1.24 bits per heavy atom. The maximum absolute atomic E-state index is 12.6. The van der Waals surface area contributed by atoms with Crippen molar-refractivity contribution in [3.05, 3.63) is 16.5 Å². The fraction of sp³-hybridized carbons (Fsp3) is 0.600. The van der Waals surface area contributed by atoms with Gasteiger partial charge in [0.05, 0.1) is 9.09 Å². The minimum atomic E-state index is -0.0664. The van der Waals surface area contributed by atoms with E-state index in [0.29, 0.717) is 11.3 Å². The molecular formula is C15H20N2O2S2. The molecule has 0 saturated carbocycles. The molecule has 1 fully saturated rings. The number of rotatable bonds is 1. The summed E-state index contributed by atoms with van der Waals surface area (Å²) in [5.74, 6) is 0.246. The van der Waals surface area contributed by atoms with Gasteiger partial charge in [-0.1, -0.05) is 0 Å². The minimum absolute atomic E-state index is 0.0664. The van der Waals surface area contributed by atoms with Crippen LogP contribution in [0.1, 0.15) is 40.3 Å². The number of amides is 1. The molecule has 2 aliphatic heterocycles. The van der Waals surface area contributed by atoms with Crippen molar-refractivity contribution in [3.63, 3.8) is 0 Å². The molecule has 2 aliphatic rings. The van der Waals surface area contributed by atoms with Crippen LogP contribution in [0.5, 0.6) is 0 Å². The fourth-order valence-corrected chi connectivity index (χ4v) is 5.66. The molecule has 1 amide bonds. The van der Waals surface area contributed by atoms with Crippen molar-refractivity contribution < 1.29 is 9.59 Å². The molecule has 1 aromatic heterocycles. The van der Waals surface area contributed by atoms with Gasteiger partial charge in [0.15, 0.2) is 5.78 Å².